The summed E-state index contributed by atoms with van der Waals surface area (Å²) < 4.78 is 10.5. The zero-order valence-corrected chi connectivity index (χ0v) is 21.4. The van der Waals surface area contributed by atoms with Gasteiger partial charge in [-0.15, -0.1) is 11.3 Å². The second-order valence-electron chi connectivity index (χ2n) is 8.15. The normalized spacial score (nSPS) is 11.1. The summed E-state index contributed by atoms with van der Waals surface area (Å²) in [4.78, 5) is 29.7. The van der Waals surface area contributed by atoms with Gasteiger partial charge >= 0.3 is 5.97 Å². The third-order valence-corrected chi connectivity index (χ3v) is 7.20. The lowest BCUT2D eigenvalue weighted by Gasteiger charge is -2.04. The van der Waals surface area contributed by atoms with E-state index in [1.54, 1.807) is 27.0 Å². The quantitative estimate of drug-likeness (QED) is 0.177. The van der Waals surface area contributed by atoms with Crippen molar-refractivity contribution < 1.29 is 19.1 Å². The molecule has 0 aliphatic heterocycles. The number of thiophene rings is 1. The molecule has 2 aromatic heterocycles. The van der Waals surface area contributed by atoms with E-state index in [9.17, 15) is 20.1 Å². The van der Waals surface area contributed by atoms with Gasteiger partial charge in [-0.3, -0.25) is 4.79 Å². The van der Waals surface area contributed by atoms with Gasteiger partial charge < -0.3 is 14.5 Å². The van der Waals surface area contributed by atoms with Crippen LogP contribution in [0, 0.1) is 29.6 Å². The van der Waals surface area contributed by atoms with Crippen molar-refractivity contribution in [2.24, 2.45) is 0 Å². The third-order valence-electron chi connectivity index (χ3n) is 5.93. The van der Waals surface area contributed by atoms with Crippen molar-refractivity contribution in [1.82, 2.24) is 4.98 Å². The molecule has 2 heterocycles. The van der Waals surface area contributed by atoms with Gasteiger partial charge in [0, 0.05) is 27.8 Å². The lowest BCUT2D eigenvalue weighted by molar-refractivity contribution is -0.114. The Morgan fingerprint density at radius 3 is 2.54 bits per heavy atom. The van der Waals surface area contributed by atoms with Crippen LogP contribution < -0.4 is 4.74 Å². The fourth-order valence-electron chi connectivity index (χ4n) is 4.10. The van der Waals surface area contributed by atoms with Gasteiger partial charge in [-0.05, 0) is 49.2 Å². The van der Waals surface area contributed by atoms with Crippen LogP contribution in [0.15, 0.2) is 54.1 Å². The highest BCUT2D eigenvalue weighted by Crippen LogP contribution is 2.35. The molecule has 7 nitrogen and oxygen atoms in total. The van der Waals surface area contributed by atoms with Crippen molar-refractivity contribution in [3.05, 3.63) is 80.5 Å². The number of benzene rings is 2. The van der Waals surface area contributed by atoms with Crippen LogP contribution in [-0.4, -0.2) is 30.5 Å². The number of ketones is 1. The maximum Gasteiger partial charge on any atom is 0.348 e. The summed E-state index contributed by atoms with van der Waals surface area (Å²) in [6.07, 6.45) is 1.39. The molecule has 0 bridgehead atoms. The van der Waals surface area contributed by atoms with Gasteiger partial charge in [0.2, 0.25) is 0 Å². The van der Waals surface area contributed by atoms with Gasteiger partial charge in [0.1, 0.15) is 22.8 Å². The predicted molar refractivity (Wildman–Crippen MR) is 142 cm³/mol. The lowest BCUT2D eigenvalue weighted by atomic mass is 9.99. The number of aromatic nitrogens is 1. The molecule has 0 amide bonds. The SMILES string of the molecule is CCOC(=O)c1sc(CC(=O)/C(C#N)=C/c2c(-c3ccccc3)[nH]c3ccc(OC)cc23)c(C#N)c1C. The van der Waals surface area contributed by atoms with Gasteiger partial charge in [0.25, 0.3) is 0 Å². The van der Waals surface area contributed by atoms with Crippen molar-refractivity contribution >= 4 is 40.1 Å². The minimum Gasteiger partial charge on any atom is -0.497 e. The molecule has 0 aliphatic carbocycles. The van der Waals surface area contributed by atoms with Gasteiger partial charge in [0.05, 0.1) is 30.5 Å². The summed E-state index contributed by atoms with van der Waals surface area (Å²) in [5.74, 6) is -0.340. The standard InChI is InChI=1S/C29H23N3O4S/c1-4-36-29(34)28-17(2)23(16-31)26(37-28)14-25(33)19(15-30)12-22-21-13-20(35-3)10-11-24(21)32-27(22)18-8-6-5-7-9-18/h5-13,32H,4,14H2,1-3H3/b19-12+. The third kappa shape index (κ3) is 5.02. The summed E-state index contributed by atoms with van der Waals surface area (Å²) in [6.45, 7) is 3.55. The number of rotatable bonds is 8. The number of nitrogens with zero attached hydrogens (tertiary/aromatic N) is 2. The van der Waals surface area contributed by atoms with E-state index >= 15 is 0 Å². The molecule has 1 N–H and O–H groups in total. The molecule has 37 heavy (non-hydrogen) atoms. The molecule has 0 saturated heterocycles. The van der Waals surface area contributed by atoms with Crippen LogP contribution in [0.25, 0.3) is 28.2 Å². The number of esters is 1. The minimum absolute atomic E-state index is 0.0615. The first-order valence-electron chi connectivity index (χ1n) is 11.5. The Morgan fingerprint density at radius 2 is 1.89 bits per heavy atom. The van der Waals surface area contributed by atoms with Crippen LogP contribution in [0.3, 0.4) is 0 Å². The van der Waals surface area contributed by atoms with E-state index in [0.717, 1.165) is 33.5 Å². The fourth-order valence-corrected chi connectivity index (χ4v) is 5.25. The van der Waals surface area contributed by atoms with Gasteiger partial charge in [0.15, 0.2) is 5.78 Å². The Labute approximate surface area is 218 Å². The largest absolute Gasteiger partial charge is 0.497 e. The Kier molecular flexibility index (Phi) is 7.52. The second-order valence-corrected chi connectivity index (χ2v) is 9.25. The number of fused-ring (bicyclic) bond motifs is 1. The average molecular weight is 510 g/mol. The Bertz CT molecular complexity index is 1610. The Balaban J connectivity index is 1.79. The lowest BCUT2D eigenvalue weighted by Crippen LogP contribution is -2.05. The number of carbonyl (C=O) groups excluding carboxylic acids is 2. The van der Waals surface area contributed by atoms with Gasteiger partial charge in [-0.2, -0.15) is 10.5 Å². The van der Waals surface area contributed by atoms with Crippen molar-refractivity contribution in [2.75, 3.05) is 13.7 Å². The maximum absolute atomic E-state index is 13.3. The van der Waals surface area contributed by atoms with Crippen LogP contribution in [0.2, 0.25) is 0 Å². The molecule has 4 rings (SSSR count). The zero-order valence-electron chi connectivity index (χ0n) is 20.5. The molecule has 184 valence electrons. The highest BCUT2D eigenvalue weighted by Gasteiger charge is 2.24. The number of aromatic amines is 1. The molecule has 0 spiro atoms. The number of nitrogens with one attached hydrogen (secondary N) is 1. The van der Waals surface area contributed by atoms with Gasteiger partial charge in [-0.25, -0.2) is 4.79 Å². The average Bonchev–Trinajstić information content (AvgIpc) is 3.43. The number of ether oxygens (including phenoxy) is 2. The van der Waals surface area contributed by atoms with Crippen molar-refractivity contribution in [1.29, 1.82) is 10.5 Å². The van der Waals surface area contributed by atoms with E-state index < -0.39 is 11.8 Å². The predicted octanol–water partition coefficient (Wildman–Crippen LogP) is 5.98. The Hall–Kier alpha value is -4.66. The van der Waals surface area contributed by atoms with E-state index in [4.69, 9.17) is 9.47 Å². The minimum atomic E-state index is -0.531. The van der Waals surface area contributed by atoms with Crippen LogP contribution in [0.4, 0.5) is 0 Å². The molecule has 0 saturated carbocycles. The zero-order chi connectivity index (χ0) is 26.5. The smallest absolute Gasteiger partial charge is 0.348 e. The van der Waals surface area contributed by atoms with E-state index in [-0.39, 0.29) is 24.2 Å². The maximum atomic E-state index is 13.3. The highest BCUT2D eigenvalue weighted by molar-refractivity contribution is 7.14. The van der Waals surface area contributed by atoms with Crippen LogP contribution in [0.5, 0.6) is 5.75 Å². The first-order valence-corrected chi connectivity index (χ1v) is 12.3. The summed E-state index contributed by atoms with van der Waals surface area (Å²) in [5, 5.41) is 20.4. The summed E-state index contributed by atoms with van der Waals surface area (Å²) in [5.41, 5.74) is 3.85. The number of methoxy groups -OCH3 is 1. The molecule has 0 radical (unpaired) electrons. The van der Waals surface area contributed by atoms with E-state index in [2.05, 4.69) is 11.1 Å². The molecule has 4 aromatic rings. The van der Waals surface area contributed by atoms with E-state index in [1.165, 1.54) is 0 Å². The molecule has 0 atom stereocenters. The van der Waals surface area contributed by atoms with Gasteiger partial charge in [-0.1, -0.05) is 30.3 Å². The summed E-state index contributed by atoms with van der Waals surface area (Å²) >= 11 is 1.05. The Morgan fingerprint density at radius 1 is 1.14 bits per heavy atom. The van der Waals surface area contributed by atoms with Crippen LogP contribution >= 0.6 is 11.3 Å². The number of nitriles is 2. The van der Waals surface area contributed by atoms with E-state index in [0.29, 0.717) is 26.6 Å². The number of H-pyrrole nitrogens is 1. The summed E-state index contributed by atoms with van der Waals surface area (Å²) in [7, 11) is 1.58. The first kappa shape index (κ1) is 25.4. The summed E-state index contributed by atoms with van der Waals surface area (Å²) in [6, 6.07) is 19.3. The number of allylic oxidation sites excluding steroid dienone is 1. The topological polar surface area (TPSA) is 116 Å². The number of carbonyl (C=O) groups is 2. The van der Waals surface area contributed by atoms with E-state index in [1.807, 2.05) is 54.6 Å². The molecule has 8 heteroatoms. The highest BCUT2D eigenvalue weighted by atomic mass is 32.1. The van der Waals surface area contributed by atoms with Crippen molar-refractivity contribution in [3.63, 3.8) is 0 Å². The fraction of sp³-hybridized carbons (Fsp3) is 0.172. The molecule has 2 aromatic carbocycles. The van der Waals surface area contributed by atoms with Crippen molar-refractivity contribution in [2.45, 2.75) is 20.3 Å². The molecule has 0 aliphatic rings. The molecule has 0 unspecified atom stereocenters. The second kappa shape index (κ2) is 10.9. The van der Waals surface area contributed by atoms with Crippen LogP contribution in [0.1, 0.15) is 38.2 Å². The number of hydrogen-bond acceptors (Lipinski definition) is 7. The van der Waals surface area contributed by atoms with Crippen LogP contribution in [-0.2, 0) is 16.0 Å². The molecular weight excluding hydrogens is 486 g/mol. The van der Waals surface area contributed by atoms with Crippen molar-refractivity contribution in [3.8, 4) is 29.1 Å². The molecule has 0 fully saturated rings. The number of hydrogen-bond donors (Lipinski definition) is 1. The number of Topliss-reactive ketones (excluding diaryl/α,β-unsaturated/α-hetero) is 1. The monoisotopic (exact) mass is 509 g/mol. The first-order chi connectivity index (χ1) is 17.9. The molecular formula is C29H23N3O4S.